The molecular formula is C17H34N2O2. The van der Waals surface area contributed by atoms with E-state index >= 15 is 0 Å². The summed E-state index contributed by atoms with van der Waals surface area (Å²) >= 11 is 0. The van der Waals surface area contributed by atoms with Crippen LogP contribution in [-0.4, -0.2) is 49.2 Å². The van der Waals surface area contributed by atoms with E-state index in [1.54, 1.807) is 0 Å². The molecule has 124 valence electrons. The zero-order chi connectivity index (χ0) is 15.9. The lowest BCUT2D eigenvalue weighted by atomic mass is 9.93. The molecule has 21 heavy (non-hydrogen) atoms. The van der Waals surface area contributed by atoms with Gasteiger partial charge in [-0.1, -0.05) is 13.3 Å². The summed E-state index contributed by atoms with van der Waals surface area (Å²) in [4.78, 5) is 14.6. The molecule has 2 unspecified atom stereocenters. The third kappa shape index (κ3) is 5.95. The average molecular weight is 298 g/mol. The molecule has 4 nitrogen and oxygen atoms in total. The lowest BCUT2D eigenvalue weighted by Crippen LogP contribution is -2.53. The normalized spacial score (nSPS) is 23.0. The number of likely N-dealkylation sites (tertiary alicyclic amines) is 1. The number of nitrogens with one attached hydrogen (secondary N) is 1. The second-order valence-electron chi connectivity index (χ2n) is 6.94. The Morgan fingerprint density at radius 2 is 2.19 bits per heavy atom. The van der Waals surface area contributed by atoms with Crippen molar-refractivity contribution in [2.75, 3.05) is 26.7 Å². The van der Waals surface area contributed by atoms with E-state index in [0.29, 0.717) is 0 Å². The summed E-state index contributed by atoms with van der Waals surface area (Å²) in [5, 5.41) is 3.37. The molecule has 2 atom stereocenters. The van der Waals surface area contributed by atoms with Crippen LogP contribution in [0.1, 0.15) is 59.8 Å². The minimum Gasteiger partial charge on any atom is -0.468 e. The summed E-state index contributed by atoms with van der Waals surface area (Å²) in [6.45, 7) is 11.9. The number of piperidine rings is 1. The molecule has 1 aliphatic rings. The Morgan fingerprint density at radius 1 is 1.48 bits per heavy atom. The number of nitrogens with zero attached hydrogens (tertiary/aromatic N) is 1. The Bertz CT molecular complexity index is 320. The molecule has 0 saturated carbocycles. The van der Waals surface area contributed by atoms with Crippen molar-refractivity contribution in [3.05, 3.63) is 0 Å². The molecule has 0 bridgehead atoms. The highest BCUT2D eigenvalue weighted by Gasteiger charge is 2.34. The summed E-state index contributed by atoms with van der Waals surface area (Å²) in [5.41, 5.74) is -0.567. The van der Waals surface area contributed by atoms with Crippen LogP contribution in [0.4, 0.5) is 0 Å². The van der Waals surface area contributed by atoms with E-state index in [0.717, 1.165) is 25.3 Å². The molecular weight excluding hydrogens is 264 g/mol. The van der Waals surface area contributed by atoms with E-state index < -0.39 is 5.54 Å². The molecule has 0 radical (unpaired) electrons. The third-order valence-corrected chi connectivity index (χ3v) is 4.57. The molecule has 0 aliphatic carbocycles. The second-order valence-corrected chi connectivity index (χ2v) is 6.94. The first-order chi connectivity index (χ1) is 9.91. The van der Waals surface area contributed by atoms with Crippen molar-refractivity contribution in [2.24, 2.45) is 5.92 Å². The fraction of sp³-hybridized carbons (Fsp3) is 0.941. The van der Waals surface area contributed by atoms with Crippen molar-refractivity contribution in [1.29, 1.82) is 0 Å². The molecule has 1 saturated heterocycles. The molecule has 1 heterocycles. The molecule has 1 N–H and O–H groups in total. The maximum Gasteiger partial charge on any atom is 0.325 e. The van der Waals surface area contributed by atoms with Gasteiger partial charge in [-0.2, -0.15) is 0 Å². The molecule has 1 aliphatic heterocycles. The predicted octanol–water partition coefficient (Wildman–Crippen LogP) is 2.82. The van der Waals surface area contributed by atoms with Crippen molar-refractivity contribution >= 4 is 5.97 Å². The van der Waals surface area contributed by atoms with Gasteiger partial charge in [0.05, 0.1) is 7.11 Å². The minimum atomic E-state index is -0.567. The van der Waals surface area contributed by atoms with Crippen molar-refractivity contribution in [3.8, 4) is 0 Å². The number of hydrogen-bond donors (Lipinski definition) is 1. The maximum atomic E-state index is 12.1. The molecule has 1 rings (SSSR count). The van der Waals surface area contributed by atoms with Gasteiger partial charge in [0.2, 0.25) is 0 Å². The standard InChI is InChI=1S/C17H34N2O2/c1-6-15-9-7-11-19(13-15)12-8-10-17(4,16(20)21-5)18-14(2)3/h14-15,18H,6-13H2,1-5H3. The van der Waals surface area contributed by atoms with Crippen LogP contribution in [0.2, 0.25) is 0 Å². The van der Waals surface area contributed by atoms with Crippen LogP contribution in [0.25, 0.3) is 0 Å². The van der Waals surface area contributed by atoms with Gasteiger partial charge in [-0.05, 0) is 65.5 Å². The number of rotatable bonds is 8. The molecule has 0 amide bonds. The summed E-state index contributed by atoms with van der Waals surface area (Å²) in [5.74, 6) is 0.709. The van der Waals surface area contributed by atoms with Gasteiger partial charge in [0.15, 0.2) is 0 Å². The van der Waals surface area contributed by atoms with E-state index in [1.165, 1.54) is 39.5 Å². The maximum absolute atomic E-state index is 12.1. The fourth-order valence-electron chi connectivity index (χ4n) is 3.44. The van der Waals surface area contributed by atoms with Crippen molar-refractivity contribution in [2.45, 2.75) is 71.4 Å². The highest BCUT2D eigenvalue weighted by molar-refractivity contribution is 5.80. The van der Waals surface area contributed by atoms with Gasteiger partial charge in [0, 0.05) is 12.6 Å². The lowest BCUT2D eigenvalue weighted by molar-refractivity contribution is -0.148. The van der Waals surface area contributed by atoms with Crippen LogP contribution in [0.3, 0.4) is 0 Å². The Balaban J connectivity index is 2.44. The van der Waals surface area contributed by atoms with Gasteiger partial charge >= 0.3 is 5.97 Å². The smallest absolute Gasteiger partial charge is 0.325 e. The first-order valence-electron chi connectivity index (χ1n) is 8.49. The van der Waals surface area contributed by atoms with E-state index in [1.807, 2.05) is 6.92 Å². The Labute approximate surface area is 130 Å². The summed E-state index contributed by atoms with van der Waals surface area (Å²) in [6.07, 6.45) is 5.83. The third-order valence-electron chi connectivity index (χ3n) is 4.57. The fourth-order valence-corrected chi connectivity index (χ4v) is 3.44. The number of carbonyl (C=O) groups excluding carboxylic acids is 1. The number of esters is 1. The Morgan fingerprint density at radius 3 is 2.76 bits per heavy atom. The topological polar surface area (TPSA) is 41.6 Å². The summed E-state index contributed by atoms with van der Waals surface area (Å²) < 4.78 is 4.98. The average Bonchev–Trinajstić information content (AvgIpc) is 2.45. The van der Waals surface area contributed by atoms with Crippen molar-refractivity contribution < 1.29 is 9.53 Å². The highest BCUT2D eigenvalue weighted by atomic mass is 16.5. The van der Waals surface area contributed by atoms with Gasteiger partial charge in [0.1, 0.15) is 5.54 Å². The monoisotopic (exact) mass is 298 g/mol. The quantitative estimate of drug-likeness (QED) is 0.700. The van der Waals surface area contributed by atoms with Crippen molar-refractivity contribution in [1.82, 2.24) is 10.2 Å². The van der Waals surface area contributed by atoms with Gasteiger partial charge in [-0.3, -0.25) is 10.1 Å². The van der Waals surface area contributed by atoms with Gasteiger partial charge in [-0.25, -0.2) is 0 Å². The van der Waals surface area contributed by atoms with Crippen molar-refractivity contribution in [3.63, 3.8) is 0 Å². The number of hydrogen-bond acceptors (Lipinski definition) is 4. The van der Waals surface area contributed by atoms with E-state index in [2.05, 4.69) is 31.0 Å². The number of ether oxygens (including phenoxy) is 1. The Hall–Kier alpha value is -0.610. The highest BCUT2D eigenvalue weighted by Crippen LogP contribution is 2.21. The molecule has 0 aromatic rings. The second kappa shape index (κ2) is 8.74. The van der Waals surface area contributed by atoms with Crippen LogP contribution in [0, 0.1) is 5.92 Å². The van der Waals surface area contributed by atoms with Crippen LogP contribution in [0.5, 0.6) is 0 Å². The molecule has 4 heteroatoms. The van der Waals surface area contributed by atoms with E-state index in [4.69, 9.17) is 4.74 Å². The SMILES string of the molecule is CCC1CCCN(CCCC(C)(NC(C)C)C(=O)OC)C1. The van der Waals surface area contributed by atoms with E-state index in [9.17, 15) is 4.79 Å². The van der Waals surface area contributed by atoms with Gasteiger partial charge in [0.25, 0.3) is 0 Å². The van der Waals surface area contributed by atoms with Crippen LogP contribution in [-0.2, 0) is 9.53 Å². The van der Waals surface area contributed by atoms with Crippen LogP contribution in [0.15, 0.2) is 0 Å². The molecule has 1 fully saturated rings. The van der Waals surface area contributed by atoms with Crippen LogP contribution >= 0.6 is 0 Å². The first-order valence-corrected chi connectivity index (χ1v) is 8.49. The number of methoxy groups -OCH3 is 1. The molecule has 0 spiro atoms. The van der Waals surface area contributed by atoms with Crippen LogP contribution < -0.4 is 5.32 Å². The molecule has 0 aromatic carbocycles. The molecule has 0 aromatic heterocycles. The minimum absolute atomic E-state index is 0.152. The van der Waals surface area contributed by atoms with E-state index in [-0.39, 0.29) is 12.0 Å². The lowest BCUT2D eigenvalue weighted by Gasteiger charge is -2.34. The van der Waals surface area contributed by atoms with Gasteiger partial charge < -0.3 is 9.64 Å². The number of carbonyl (C=O) groups is 1. The first kappa shape index (κ1) is 18.4. The predicted molar refractivity (Wildman–Crippen MR) is 87.4 cm³/mol. The Kier molecular flexibility index (Phi) is 7.67. The largest absolute Gasteiger partial charge is 0.468 e. The van der Waals surface area contributed by atoms with Gasteiger partial charge in [-0.15, -0.1) is 0 Å². The summed E-state index contributed by atoms with van der Waals surface area (Å²) in [7, 11) is 1.47. The summed E-state index contributed by atoms with van der Waals surface area (Å²) in [6, 6.07) is 0.272. The zero-order valence-electron chi connectivity index (χ0n) is 14.6. The zero-order valence-corrected chi connectivity index (χ0v) is 14.6.